The number of rotatable bonds is 5. The van der Waals surface area contributed by atoms with Crippen LogP contribution in [0, 0.1) is 0 Å². The molecule has 1 atom stereocenters. The molecule has 0 unspecified atom stereocenters. The first kappa shape index (κ1) is 22.4. The Hall–Kier alpha value is -2.77. The largest absolute Gasteiger partial charge is 0.480 e. The van der Waals surface area contributed by atoms with Crippen molar-refractivity contribution < 1.29 is 23.1 Å². The van der Waals surface area contributed by atoms with Gasteiger partial charge in [-0.05, 0) is 52.8 Å². The van der Waals surface area contributed by atoms with E-state index in [1.165, 1.54) is 23.9 Å². The second kappa shape index (κ2) is 8.64. The van der Waals surface area contributed by atoms with E-state index in [1.54, 1.807) is 0 Å². The fourth-order valence-electron chi connectivity index (χ4n) is 4.31. The van der Waals surface area contributed by atoms with Crippen LogP contribution < -0.4 is 5.73 Å². The Labute approximate surface area is 188 Å². The summed E-state index contributed by atoms with van der Waals surface area (Å²) in [7, 11) is 0. The van der Waals surface area contributed by atoms with E-state index in [9.17, 15) is 23.1 Å². The van der Waals surface area contributed by atoms with E-state index >= 15 is 0 Å². The number of alkyl halides is 3. The van der Waals surface area contributed by atoms with E-state index < -0.39 is 28.5 Å². The quantitative estimate of drug-likeness (QED) is 0.550. The van der Waals surface area contributed by atoms with Gasteiger partial charge in [-0.15, -0.1) is 11.8 Å². The Morgan fingerprint density at radius 2 is 1.44 bits per heavy atom. The van der Waals surface area contributed by atoms with Gasteiger partial charge in [0.05, 0.1) is 10.3 Å². The highest BCUT2D eigenvalue weighted by Gasteiger charge is 2.42. The number of nitrogens with two attached hydrogens (primary N) is 1. The van der Waals surface area contributed by atoms with Crippen molar-refractivity contribution >= 4 is 17.7 Å². The number of fused-ring (bicyclic) bond motifs is 2. The molecule has 0 radical (unpaired) electrons. The Morgan fingerprint density at radius 1 is 0.938 bits per heavy atom. The summed E-state index contributed by atoms with van der Waals surface area (Å²) in [4.78, 5) is 11.5. The average Bonchev–Trinajstić information content (AvgIpc) is 2.92. The van der Waals surface area contributed by atoms with Crippen molar-refractivity contribution in [3.05, 3.63) is 106 Å². The Bertz CT molecular complexity index is 1080. The van der Waals surface area contributed by atoms with Gasteiger partial charge in [0.15, 0.2) is 0 Å². The highest BCUT2D eigenvalue weighted by atomic mass is 32.2. The van der Waals surface area contributed by atoms with Crippen molar-refractivity contribution in [1.29, 1.82) is 0 Å². The summed E-state index contributed by atoms with van der Waals surface area (Å²) in [6.45, 7) is 0. The van der Waals surface area contributed by atoms with Gasteiger partial charge in [0, 0.05) is 5.75 Å². The molecule has 1 aliphatic rings. The van der Waals surface area contributed by atoms with Crippen LogP contribution in [0.15, 0.2) is 72.8 Å². The lowest BCUT2D eigenvalue weighted by Gasteiger charge is -2.37. The second-order valence-corrected chi connectivity index (χ2v) is 9.06. The summed E-state index contributed by atoms with van der Waals surface area (Å²) < 4.78 is 38.9. The number of carbonyl (C=O) groups is 1. The first-order valence-corrected chi connectivity index (χ1v) is 11.2. The maximum atomic E-state index is 13.3. The number of halogens is 3. The molecule has 0 spiro atoms. The van der Waals surface area contributed by atoms with Gasteiger partial charge in [0.1, 0.15) is 6.04 Å². The highest BCUT2D eigenvalue weighted by molar-refractivity contribution is 8.00. The van der Waals surface area contributed by atoms with Crippen LogP contribution in [0.1, 0.15) is 33.4 Å². The highest BCUT2D eigenvalue weighted by Crippen LogP contribution is 2.52. The molecule has 4 rings (SSSR count). The lowest BCUT2D eigenvalue weighted by molar-refractivity contribution is -0.138. The van der Waals surface area contributed by atoms with Crippen LogP contribution in [0.2, 0.25) is 0 Å². The Balaban J connectivity index is 1.98. The summed E-state index contributed by atoms with van der Waals surface area (Å²) in [5.74, 6) is -1.02. The molecule has 166 valence electrons. The fraction of sp³-hybridized carbons (Fsp3) is 0.240. The summed E-state index contributed by atoms with van der Waals surface area (Å²) in [5, 5.41) is 9.37. The minimum Gasteiger partial charge on any atom is -0.480 e. The van der Waals surface area contributed by atoms with Crippen molar-refractivity contribution in [3.8, 4) is 0 Å². The number of carboxylic acid groups (broad SMARTS) is 1. The SMILES string of the molecule is N[C@@H](CSC1(c2ccc(C(F)(F)F)cc2)c2ccccc2CCc2ccccc21)C(=O)O. The lowest BCUT2D eigenvalue weighted by atomic mass is 9.81. The zero-order valence-corrected chi connectivity index (χ0v) is 17.9. The number of benzene rings is 3. The van der Waals surface area contributed by atoms with Gasteiger partial charge in [-0.2, -0.15) is 13.2 Å². The van der Waals surface area contributed by atoms with Gasteiger partial charge in [0.2, 0.25) is 0 Å². The van der Waals surface area contributed by atoms with E-state index in [0.29, 0.717) is 5.56 Å². The van der Waals surface area contributed by atoms with E-state index in [2.05, 4.69) is 0 Å². The first-order valence-electron chi connectivity index (χ1n) is 10.2. The number of aliphatic carboxylic acids is 1. The number of aryl methyl sites for hydroxylation is 2. The van der Waals surface area contributed by atoms with Crippen molar-refractivity contribution in [2.24, 2.45) is 5.73 Å². The smallest absolute Gasteiger partial charge is 0.416 e. The van der Waals surface area contributed by atoms with Crippen molar-refractivity contribution in [2.75, 3.05) is 5.75 Å². The molecule has 3 aromatic carbocycles. The van der Waals surface area contributed by atoms with E-state index in [-0.39, 0.29) is 5.75 Å². The minimum atomic E-state index is -4.44. The molecule has 0 heterocycles. The average molecular weight is 458 g/mol. The third kappa shape index (κ3) is 4.02. The molecule has 0 bridgehead atoms. The van der Waals surface area contributed by atoms with E-state index in [4.69, 9.17) is 5.73 Å². The zero-order valence-electron chi connectivity index (χ0n) is 17.1. The Morgan fingerprint density at radius 3 is 1.91 bits per heavy atom. The number of carboxylic acids is 1. The van der Waals surface area contributed by atoms with Gasteiger partial charge in [0.25, 0.3) is 0 Å². The molecule has 0 saturated heterocycles. The maximum Gasteiger partial charge on any atom is 0.416 e. The lowest BCUT2D eigenvalue weighted by Crippen LogP contribution is -2.36. The standard InChI is InChI=1S/C25H22F3NO2S/c26-25(27,28)19-13-11-18(12-14-19)24(32-15-22(29)23(30)31)20-7-3-1-5-16(20)9-10-17-6-2-4-8-21(17)24/h1-8,11-14,22H,9-10,15,29H2,(H,30,31)/t22-/m0/s1. The topological polar surface area (TPSA) is 63.3 Å². The minimum absolute atomic E-state index is 0.0963. The maximum absolute atomic E-state index is 13.3. The predicted molar refractivity (Wildman–Crippen MR) is 120 cm³/mol. The van der Waals surface area contributed by atoms with Crippen LogP contribution in [-0.4, -0.2) is 22.9 Å². The van der Waals surface area contributed by atoms with Gasteiger partial charge in [-0.25, -0.2) is 0 Å². The molecular weight excluding hydrogens is 435 g/mol. The summed E-state index contributed by atoms with van der Waals surface area (Å²) in [6.07, 6.45) is -2.88. The van der Waals surface area contributed by atoms with Crippen molar-refractivity contribution in [2.45, 2.75) is 29.8 Å². The van der Waals surface area contributed by atoms with Crippen LogP contribution in [0.25, 0.3) is 0 Å². The van der Waals surface area contributed by atoms with Gasteiger partial charge >= 0.3 is 12.1 Å². The molecule has 3 nitrogen and oxygen atoms in total. The van der Waals surface area contributed by atoms with Gasteiger partial charge in [-0.1, -0.05) is 60.7 Å². The third-order valence-corrected chi connectivity index (χ3v) is 7.51. The van der Waals surface area contributed by atoms with Gasteiger partial charge < -0.3 is 10.8 Å². The summed E-state index contributed by atoms with van der Waals surface area (Å²) in [5.41, 5.74) is 9.87. The molecule has 0 aromatic heterocycles. The van der Waals surface area contributed by atoms with E-state index in [0.717, 1.165) is 47.2 Å². The monoisotopic (exact) mass is 457 g/mol. The van der Waals surface area contributed by atoms with Crippen LogP contribution in [0.5, 0.6) is 0 Å². The molecule has 7 heteroatoms. The fourth-order valence-corrected chi connectivity index (χ4v) is 5.89. The molecule has 3 aromatic rings. The molecule has 0 fully saturated rings. The van der Waals surface area contributed by atoms with Crippen LogP contribution >= 0.6 is 11.8 Å². The third-order valence-electron chi connectivity index (χ3n) is 5.87. The molecule has 0 saturated carbocycles. The molecule has 1 aliphatic carbocycles. The van der Waals surface area contributed by atoms with Crippen LogP contribution in [0.4, 0.5) is 13.2 Å². The van der Waals surface area contributed by atoms with Crippen molar-refractivity contribution in [1.82, 2.24) is 0 Å². The van der Waals surface area contributed by atoms with Gasteiger partial charge in [-0.3, -0.25) is 4.79 Å². The number of hydrogen-bond acceptors (Lipinski definition) is 3. The Kier molecular flexibility index (Phi) is 6.05. The first-order chi connectivity index (χ1) is 15.2. The van der Waals surface area contributed by atoms with E-state index in [1.807, 2.05) is 48.5 Å². The molecule has 32 heavy (non-hydrogen) atoms. The summed E-state index contributed by atoms with van der Waals surface area (Å²) >= 11 is 1.36. The van der Waals surface area contributed by atoms with Crippen LogP contribution in [0.3, 0.4) is 0 Å². The molecule has 3 N–H and O–H groups in total. The number of thioether (sulfide) groups is 1. The van der Waals surface area contributed by atoms with Crippen LogP contribution in [-0.2, 0) is 28.6 Å². The van der Waals surface area contributed by atoms with Crippen molar-refractivity contribution in [3.63, 3.8) is 0 Å². The normalized spacial score (nSPS) is 15.9. The second-order valence-electron chi connectivity index (χ2n) is 7.83. The molecular formula is C25H22F3NO2S. The molecule has 0 amide bonds. The zero-order chi connectivity index (χ0) is 22.9. The molecule has 0 aliphatic heterocycles. The summed E-state index contributed by atoms with van der Waals surface area (Å²) in [6, 6.07) is 19.8. The predicted octanol–water partition coefficient (Wildman–Crippen LogP) is 5.24. The number of hydrogen-bond donors (Lipinski definition) is 2.